The summed E-state index contributed by atoms with van der Waals surface area (Å²) in [6.07, 6.45) is 2.85. The molecule has 0 aliphatic carbocycles. The van der Waals surface area contributed by atoms with E-state index in [-0.39, 0.29) is 10.0 Å². The van der Waals surface area contributed by atoms with E-state index in [1.54, 1.807) is 0 Å². The Balaban J connectivity index is 3.13. The SMILES string of the molecule is CCCN(CCC)S(=O)(=O)c1cnc(Cl)c(Br)c1. The van der Waals surface area contributed by atoms with Crippen LogP contribution in [-0.4, -0.2) is 30.8 Å². The van der Waals surface area contributed by atoms with Crippen LogP contribution in [0, 0.1) is 0 Å². The monoisotopic (exact) mass is 354 g/mol. The van der Waals surface area contributed by atoms with Crippen molar-refractivity contribution in [3.8, 4) is 0 Å². The average Bonchev–Trinajstić information content (AvgIpc) is 2.32. The standard InChI is InChI=1S/C11H16BrClN2O2S/c1-3-5-15(6-4-2)18(16,17)9-7-10(12)11(13)14-8-9/h7-8H,3-6H2,1-2H3. The van der Waals surface area contributed by atoms with E-state index < -0.39 is 10.0 Å². The maximum Gasteiger partial charge on any atom is 0.244 e. The summed E-state index contributed by atoms with van der Waals surface area (Å²) in [7, 11) is -3.48. The zero-order valence-corrected chi connectivity index (χ0v) is 13.5. The molecule has 4 nitrogen and oxygen atoms in total. The lowest BCUT2D eigenvalue weighted by Crippen LogP contribution is -2.32. The molecular weight excluding hydrogens is 340 g/mol. The van der Waals surface area contributed by atoms with Crippen molar-refractivity contribution in [1.82, 2.24) is 9.29 Å². The normalized spacial score (nSPS) is 12.1. The second kappa shape index (κ2) is 6.84. The molecule has 0 aliphatic rings. The number of sulfonamides is 1. The minimum absolute atomic E-state index is 0.167. The van der Waals surface area contributed by atoms with E-state index in [4.69, 9.17) is 11.6 Å². The highest BCUT2D eigenvalue weighted by Crippen LogP contribution is 2.24. The molecule has 0 aromatic carbocycles. The van der Waals surface area contributed by atoms with E-state index >= 15 is 0 Å². The molecule has 0 bridgehead atoms. The first-order chi connectivity index (χ1) is 8.43. The Morgan fingerprint density at radius 3 is 2.33 bits per heavy atom. The number of nitrogens with zero attached hydrogens (tertiary/aromatic N) is 2. The highest BCUT2D eigenvalue weighted by Gasteiger charge is 2.24. The van der Waals surface area contributed by atoms with Gasteiger partial charge in [0.2, 0.25) is 10.0 Å². The molecule has 0 saturated heterocycles. The minimum atomic E-state index is -3.48. The first-order valence-electron chi connectivity index (χ1n) is 5.74. The Morgan fingerprint density at radius 2 is 1.89 bits per heavy atom. The number of halogens is 2. The molecule has 102 valence electrons. The van der Waals surface area contributed by atoms with Crippen LogP contribution in [0.5, 0.6) is 0 Å². The summed E-state index contributed by atoms with van der Waals surface area (Å²) in [5, 5.41) is 0.256. The van der Waals surface area contributed by atoms with Gasteiger partial charge < -0.3 is 0 Å². The van der Waals surface area contributed by atoms with Crippen molar-refractivity contribution in [2.75, 3.05) is 13.1 Å². The van der Waals surface area contributed by atoms with Gasteiger partial charge in [0.25, 0.3) is 0 Å². The van der Waals surface area contributed by atoms with Crippen LogP contribution in [0.3, 0.4) is 0 Å². The molecule has 1 aromatic rings. The fourth-order valence-electron chi connectivity index (χ4n) is 1.54. The lowest BCUT2D eigenvalue weighted by atomic mass is 10.4. The van der Waals surface area contributed by atoms with E-state index in [1.165, 1.54) is 16.6 Å². The molecule has 0 unspecified atom stereocenters. The largest absolute Gasteiger partial charge is 0.244 e. The van der Waals surface area contributed by atoms with Gasteiger partial charge in [-0.1, -0.05) is 25.4 Å². The number of hydrogen-bond acceptors (Lipinski definition) is 3. The third kappa shape index (κ3) is 3.66. The molecule has 18 heavy (non-hydrogen) atoms. The summed E-state index contributed by atoms with van der Waals surface area (Å²) in [5.41, 5.74) is 0. The zero-order chi connectivity index (χ0) is 13.8. The molecule has 0 fully saturated rings. The third-order valence-electron chi connectivity index (χ3n) is 2.35. The number of hydrogen-bond donors (Lipinski definition) is 0. The Labute approximate surface area is 122 Å². The highest BCUT2D eigenvalue weighted by atomic mass is 79.9. The van der Waals surface area contributed by atoms with Gasteiger partial charge in [0.05, 0.1) is 4.47 Å². The van der Waals surface area contributed by atoms with E-state index in [0.29, 0.717) is 17.6 Å². The third-order valence-corrected chi connectivity index (χ3v) is 5.35. The first-order valence-corrected chi connectivity index (χ1v) is 8.35. The van der Waals surface area contributed by atoms with Crippen molar-refractivity contribution in [2.45, 2.75) is 31.6 Å². The highest BCUT2D eigenvalue weighted by molar-refractivity contribution is 9.10. The van der Waals surface area contributed by atoms with Crippen LogP contribution in [-0.2, 0) is 10.0 Å². The molecule has 0 radical (unpaired) electrons. The van der Waals surface area contributed by atoms with Crippen LogP contribution < -0.4 is 0 Å². The number of pyridine rings is 1. The molecule has 0 atom stereocenters. The van der Waals surface area contributed by atoms with Crippen molar-refractivity contribution in [2.24, 2.45) is 0 Å². The summed E-state index contributed by atoms with van der Waals surface area (Å²) in [5.74, 6) is 0. The van der Waals surface area contributed by atoms with Crippen molar-refractivity contribution < 1.29 is 8.42 Å². The fourth-order valence-corrected chi connectivity index (χ4v) is 3.75. The minimum Gasteiger partial charge on any atom is -0.242 e. The quantitative estimate of drug-likeness (QED) is 0.736. The summed E-state index contributed by atoms with van der Waals surface area (Å²) in [4.78, 5) is 4.03. The van der Waals surface area contributed by atoms with Crippen LogP contribution in [0.15, 0.2) is 21.6 Å². The van der Waals surface area contributed by atoms with Gasteiger partial charge in [-0.25, -0.2) is 13.4 Å². The maximum atomic E-state index is 12.4. The molecule has 0 N–H and O–H groups in total. The Morgan fingerprint density at radius 1 is 1.33 bits per heavy atom. The van der Waals surface area contributed by atoms with Gasteiger partial charge in [-0.15, -0.1) is 0 Å². The second-order valence-electron chi connectivity index (χ2n) is 3.85. The number of rotatable bonds is 6. The summed E-state index contributed by atoms with van der Waals surface area (Å²) < 4.78 is 26.8. The molecule has 1 aromatic heterocycles. The first kappa shape index (κ1) is 15.9. The maximum absolute atomic E-state index is 12.4. The predicted molar refractivity (Wildman–Crippen MR) is 76.3 cm³/mol. The molecule has 7 heteroatoms. The van der Waals surface area contributed by atoms with E-state index in [0.717, 1.165) is 12.8 Å². The molecular formula is C11H16BrClN2O2S. The van der Waals surface area contributed by atoms with Gasteiger partial charge in [-0.3, -0.25) is 0 Å². The predicted octanol–water partition coefficient (Wildman–Crippen LogP) is 3.31. The lowest BCUT2D eigenvalue weighted by molar-refractivity contribution is 0.409. The van der Waals surface area contributed by atoms with E-state index in [9.17, 15) is 8.42 Å². The van der Waals surface area contributed by atoms with E-state index in [1.807, 2.05) is 13.8 Å². The lowest BCUT2D eigenvalue weighted by Gasteiger charge is -2.20. The van der Waals surface area contributed by atoms with Gasteiger partial charge >= 0.3 is 0 Å². The Kier molecular flexibility index (Phi) is 6.04. The van der Waals surface area contributed by atoms with Gasteiger partial charge in [-0.2, -0.15) is 4.31 Å². The molecule has 0 aliphatic heterocycles. The van der Waals surface area contributed by atoms with Crippen molar-refractivity contribution in [3.63, 3.8) is 0 Å². The smallest absolute Gasteiger partial charge is 0.242 e. The Bertz CT molecular complexity index is 502. The van der Waals surface area contributed by atoms with Crippen LogP contribution in [0.4, 0.5) is 0 Å². The fraction of sp³-hybridized carbons (Fsp3) is 0.545. The summed E-state index contributed by atoms with van der Waals surface area (Å²) >= 11 is 8.95. The second-order valence-corrected chi connectivity index (χ2v) is 7.00. The zero-order valence-electron chi connectivity index (χ0n) is 10.4. The topological polar surface area (TPSA) is 50.3 Å². The molecule has 0 spiro atoms. The Hall–Kier alpha value is -0.170. The van der Waals surface area contributed by atoms with Crippen molar-refractivity contribution in [1.29, 1.82) is 0 Å². The molecule has 0 saturated carbocycles. The molecule has 1 heterocycles. The molecule has 0 amide bonds. The van der Waals surface area contributed by atoms with Crippen LogP contribution in [0.2, 0.25) is 5.15 Å². The number of aromatic nitrogens is 1. The van der Waals surface area contributed by atoms with Gasteiger partial charge in [-0.05, 0) is 34.8 Å². The van der Waals surface area contributed by atoms with E-state index in [2.05, 4.69) is 20.9 Å². The van der Waals surface area contributed by atoms with Gasteiger partial charge in [0.1, 0.15) is 10.0 Å². The van der Waals surface area contributed by atoms with Crippen LogP contribution in [0.25, 0.3) is 0 Å². The summed E-state index contributed by atoms with van der Waals surface area (Å²) in [6.45, 7) is 4.93. The van der Waals surface area contributed by atoms with Crippen LogP contribution in [0.1, 0.15) is 26.7 Å². The van der Waals surface area contributed by atoms with Gasteiger partial charge in [0.15, 0.2) is 0 Å². The van der Waals surface area contributed by atoms with Crippen molar-refractivity contribution >= 4 is 37.6 Å². The molecule has 1 rings (SSSR count). The van der Waals surface area contributed by atoms with Crippen molar-refractivity contribution in [3.05, 3.63) is 21.9 Å². The summed E-state index contributed by atoms with van der Waals surface area (Å²) in [6, 6.07) is 1.49. The van der Waals surface area contributed by atoms with Crippen LogP contribution >= 0.6 is 27.5 Å². The van der Waals surface area contributed by atoms with Gasteiger partial charge in [0, 0.05) is 19.3 Å². The average molecular weight is 356 g/mol.